The van der Waals surface area contributed by atoms with Gasteiger partial charge in [-0.25, -0.2) is 0 Å². The number of aryl methyl sites for hydroxylation is 1. The highest BCUT2D eigenvalue weighted by Gasteiger charge is 2.11. The van der Waals surface area contributed by atoms with Crippen molar-refractivity contribution in [2.45, 2.75) is 20.3 Å². The summed E-state index contributed by atoms with van der Waals surface area (Å²) in [6.07, 6.45) is 0.920. The van der Waals surface area contributed by atoms with Gasteiger partial charge in [-0.2, -0.15) is 4.98 Å². The smallest absolute Gasteiger partial charge is 0.244 e. The topological polar surface area (TPSA) is 47.9 Å². The van der Waals surface area contributed by atoms with Crippen LogP contribution >= 0.6 is 11.6 Å². The molecule has 0 aliphatic rings. The minimum atomic E-state index is 0.520. The maximum atomic E-state index is 5.86. The Labute approximate surface area is 111 Å². The van der Waals surface area contributed by atoms with E-state index in [-0.39, 0.29) is 0 Å². The molecule has 2 rings (SSSR count). The predicted octanol–water partition coefficient (Wildman–Crippen LogP) is 3.29. The lowest BCUT2D eigenvalue weighted by molar-refractivity contribution is 0.303. The van der Waals surface area contributed by atoms with Crippen molar-refractivity contribution in [2.24, 2.45) is 0 Å². The summed E-state index contributed by atoms with van der Waals surface area (Å²) in [6.45, 7) is 4.44. The quantitative estimate of drug-likeness (QED) is 0.849. The zero-order chi connectivity index (χ0) is 13.0. The molecule has 0 aliphatic carbocycles. The third-order valence-electron chi connectivity index (χ3n) is 2.32. The van der Waals surface area contributed by atoms with Gasteiger partial charge < -0.3 is 4.74 Å². The third kappa shape index (κ3) is 2.96. The molecule has 0 atom stereocenters. The average molecular weight is 264 g/mol. The minimum Gasteiger partial charge on any atom is -0.476 e. The van der Waals surface area contributed by atoms with Crippen LogP contribution in [0.3, 0.4) is 0 Å². The molecule has 0 N–H and O–H groups in total. The van der Waals surface area contributed by atoms with E-state index in [1.165, 1.54) is 0 Å². The van der Waals surface area contributed by atoms with Crippen LogP contribution in [0.1, 0.15) is 19.2 Å². The molecule has 1 aromatic heterocycles. The zero-order valence-corrected chi connectivity index (χ0v) is 11.1. The van der Waals surface area contributed by atoms with Crippen LogP contribution in [0.15, 0.2) is 24.3 Å². The van der Waals surface area contributed by atoms with Crippen LogP contribution in [0.5, 0.6) is 5.88 Å². The standard InChI is InChI=1S/C13H14ClN3O/c1-3-8-18-13-12(17-16-9(2)15-13)10-4-6-11(14)7-5-10/h4-7H,3,8H2,1-2H3. The number of aromatic nitrogens is 3. The summed E-state index contributed by atoms with van der Waals surface area (Å²) in [4.78, 5) is 4.28. The normalized spacial score (nSPS) is 10.4. The second-order valence-electron chi connectivity index (χ2n) is 3.87. The molecule has 4 nitrogen and oxygen atoms in total. The van der Waals surface area contributed by atoms with Gasteiger partial charge in [0.2, 0.25) is 5.88 Å². The molecule has 2 aromatic rings. The molecule has 0 radical (unpaired) electrons. The Morgan fingerprint density at radius 1 is 1.17 bits per heavy atom. The van der Waals surface area contributed by atoms with Gasteiger partial charge >= 0.3 is 0 Å². The van der Waals surface area contributed by atoms with Crippen LogP contribution in [0.4, 0.5) is 0 Å². The molecule has 0 fully saturated rings. The molecule has 94 valence electrons. The van der Waals surface area contributed by atoms with Crippen LogP contribution in [0.2, 0.25) is 5.02 Å². The molecule has 0 bridgehead atoms. The average Bonchev–Trinajstić information content (AvgIpc) is 2.38. The number of benzene rings is 1. The van der Waals surface area contributed by atoms with E-state index < -0.39 is 0 Å². The number of ether oxygens (including phenoxy) is 1. The summed E-state index contributed by atoms with van der Waals surface area (Å²) in [5.74, 6) is 1.12. The second-order valence-corrected chi connectivity index (χ2v) is 4.30. The van der Waals surface area contributed by atoms with Crippen molar-refractivity contribution in [1.29, 1.82) is 0 Å². The third-order valence-corrected chi connectivity index (χ3v) is 2.57. The Morgan fingerprint density at radius 2 is 1.89 bits per heavy atom. The highest BCUT2D eigenvalue weighted by Crippen LogP contribution is 2.26. The fourth-order valence-electron chi connectivity index (χ4n) is 1.48. The highest BCUT2D eigenvalue weighted by atomic mass is 35.5. The van der Waals surface area contributed by atoms with E-state index in [4.69, 9.17) is 16.3 Å². The van der Waals surface area contributed by atoms with Gasteiger partial charge in [0.05, 0.1) is 6.61 Å². The number of hydrogen-bond donors (Lipinski definition) is 0. The van der Waals surface area contributed by atoms with E-state index in [2.05, 4.69) is 15.2 Å². The summed E-state index contributed by atoms with van der Waals surface area (Å²) >= 11 is 5.86. The summed E-state index contributed by atoms with van der Waals surface area (Å²) in [5, 5.41) is 8.81. The Bertz CT molecular complexity index is 528. The van der Waals surface area contributed by atoms with Crippen molar-refractivity contribution >= 4 is 11.6 Å². The molecular weight excluding hydrogens is 250 g/mol. The first kappa shape index (κ1) is 12.8. The van der Waals surface area contributed by atoms with E-state index >= 15 is 0 Å². The molecule has 0 saturated carbocycles. The SMILES string of the molecule is CCCOc1nc(C)nnc1-c1ccc(Cl)cc1. The van der Waals surface area contributed by atoms with Crippen molar-refractivity contribution in [1.82, 2.24) is 15.2 Å². The lowest BCUT2D eigenvalue weighted by Gasteiger charge is -2.08. The molecular formula is C13H14ClN3O. The largest absolute Gasteiger partial charge is 0.476 e. The number of halogens is 1. The summed E-state index contributed by atoms with van der Waals surface area (Å²) < 4.78 is 5.61. The molecule has 0 saturated heterocycles. The van der Waals surface area contributed by atoms with Gasteiger partial charge in [-0.3, -0.25) is 0 Å². The highest BCUT2D eigenvalue weighted by molar-refractivity contribution is 6.30. The number of rotatable bonds is 4. The van der Waals surface area contributed by atoms with Crippen molar-refractivity contribution in [3.8, 4) is 17.1 Å². The van der Waals surface area contributed by atoms with Gasteiger partial charge in [0, 0.05) is 10.6 Å². The monoisotopic (exact) mass is 263 g/mol. The summed E-state index contributed by atoms with van der Waals surface area (Å²) in [5.41, 5.74) is 1.54. The van der Waals surface area contributed by atoms with Crippen molar-refractivity contribution in [3.05, 3.63) is 35.1 Å². The van der Waals surface area contributed by atoms with Gasteiger partial charge in [0.1, 0.15) is 0 Å². The van der Waals surface area contributed by atoms with Crippen LogP contribution < -0.4 is 4.74 Å². The first-order chi connectivity index (χ1) is 8.70. The Balaban J connectivity index is 2.39. The number of nitrogens with zero attached hydrogens (tertiary/aromatic N) is 3. The van der Waals surface area contributed by atoms with Gasteiger partial charge in [-0.05, 0) is 25.5 Å². The van der Waals surface area contributed by atoms with E-state index in [0.717, 1.165) is 12.0 Å². The zero-order valence-electron chi connectivity index (χ0n) is 10.4. The van der Waals surface area contributed by atoms with E-state index in [1.54, 1.807) is 6.92 Å². The molecule has 0 aliphatic heterocycles. The molecule has 5 heteroatoms. The van der Waals surface area contributed by atoms with Gasteiger partial charge in [0.15, 0.2) is 11.5 Å². The first-order valence-corrected chi connectivity index (χ1v) is 6.18. The maximum absolute atomic E-state index is 5.86. The first-order valence-electron chi connectivity index (χ1n) is 5.80. The summed E-state index contributed by atoms with van der Waals surface area (Å²) in [6, 6.07) is 7.37. The molecule has 18 heavy (non-hydrogen) atoms. The predicted molar refractivity (Wildman–Crippen MR) is 70.8 cm³/mol. The van der Waals surface area contributed by atoms with Crippen molar-refractivity contribution < 1.29 is 4.74 Å². The lowest BCUT2D eigenvalue weighted by atomic mass is 10.1. The fourth-order valence-corrected chi connectivity index (χ4v) is 1.60. The molecule has 0 spiro atoms. The molecule has 0 amide bonds. The number of hydrogen-bond acceptors (Lipinski definition) is 4. The van der Waals surface area contributed by atoms with Crippen LogP contribution in [0, 0.1) is 6.92 Å². The van der Waals surface area contributed by atoms with Crippen LogP contribution in [-0.2, 0) is 0 Å². The van der Waals surface area contributed by atoms with Crippen LogP contribution in [0.25, 0.3) is 11.3 Å². The maximum Gasteiger partial charge on any atom is 0.244 e. The Kier molecular flexibility index (Phi) is 4.10. The van der Waals surface area contributed by atoms with Crippen molar-refractivity contribution in [2.75, 3.05) is 6.61 Å². The van der Waals surface area contributed by atoms with Crippen LogP contribution in [-0.4, -0.2) is 21.8 Å². The van der Waals surface area contributed by atoms with E-state index in [9.17, 15) is 0 Å². The van der Waals surface area contributed by atoms with E-state index in [1.807, 2.05) is 31.2 Å². The molecule has 0 unspecified atom stereocenters. The Hall–Kier alpha value is -1.68. The minimum absolute atomic E-state index is 0.520. The van der Waals surface area contributed by atoms with Gasteiger partial charge in [-0.15, -0.1) is 10.2 Å². The van der Waals surface area contributed by atoms with Crippen molar-refractivity contribution in [3.63, 3.8) is 0 Å². The van der Waals surface area contributed by atoms with Gasteiger partial charge in [-0.1, -0.05) is 30.7 Å². The fraction of sp³-hybridized carbons (Fsp3) is 0.308. The van der Waals surface area contributed by atoms with E-state index in [0.29, 0.717) is 29.0 Å². The lowest BCUT2D eigenvalue weighted by Crippen LogP contribution is -2.04. The summed E-state index contributed by atoms with van der Waals surface area (Å²) in [7, 11) is 0. The molecule has 1 aromatic carbocycles. The second kappa shape index (κ2) is 5.78. The molecule has 1 heterocycles. The Morgan fingerprint density at radius 3 is 2.56 bits per heavy atom. The van der Waals surface area contributed by atoms with Gasteiger partial charge in [0.25, 0.3) is 0 Å².